The number of aromatic amines is 1. The zero-order chi connectivity index (χ0) is 10.9. The van der Waals surface area contributed by atoms with E-state index < -0.39 is 15.1 Å². The number of H-pyrrole nitrogens is 1. The van der Waals surface area contributed by atoms with Crippen molar-refractivity contribution in [3.05, 3.63) is 11.6 Å². The van der Waals surface area contributed by atoms with Crippen LogP contribution in [0.15, 0.2) is 0 Å². The van der Waals surface area contributed by atoms with Crippen molar-refractivity contribution in [1.29, 1.82) is 0 Å². The molecule has 0 aliphatic rings. The predicted molar refractivity (Wildman–Crippen MR) is 52.2 cm³/mol. The molecule has 80 valence electrons. The second-order valence-electron chi connectivity index (χ2n) is 3.34. The van der Waals surface area contributed by atoms with Crippen LogP contribution in [0.4, 0.5) is 0 Å². The van der Waals surface area contributed by atoms with Gasteiger partial charge in [-0.15, -0.1) is 0 Å². The van der Waals surface area contributed by atoms with E-state index in [1.54, 1.807) is 13.8 Å². The largest absolute Gasteiger partial charge is 0.321 e. The summed E-state index contributed by atoms with van der Waals surface area (Å²) in [7, 11) is -3.14. The summed E-state index contributed by atoms with van der Waals surface area (Å²) in [5.41, 5.74) is 5.54. The van der Waals surface area contributed by atoms with Crippen molar-refractivity contribution in [1.82, 2.24) is 15.2 Å². The Morgan fingerprint density at radius 2 is 2.00 bits per heavy atom. The van der Waals surface area contributed by atoms with E-state index in [0.717, 1.165) is 6.26 Å². The molecule has 2 unspecified atom stereocenters. The Hall–Kier alpha value is -0.950. The molecule has 14 heavy (non-hydrogen) atoms. The first-order chi connectivity index (χ1) is 6.32. The minimum Gasteiger partial charge on any atom is -0.321 e. The standard InChI is InChI=1S/C7H14N4O2S/c1-4(8)6-9-7(11-10-6)5(2)14(3,12)13/h4-5H,8H2,1-3H3,(H,9,10,11). The maximum Gasteiger partial charge on any atom is 0.167 e. The Morgan fingerprint density at radius 1 is 1.43 bits per heavy atom. The van der Waals surface area contributed by atoms with Crippen LogP contribution in [0.3, 0.4) is 0 Å². The molecule has 1 aromatic rings. The summed E-state index contributed by atoms with van der Waals surface area (Å²) in [6, 6.07) is -0.299. The van der Waals surface area contributed by atoms with Crippen LogP contribution in [0.5, 0.6) is 0 Å². The van der Waals surface area contributed by atoms with Gasteiger partial charge in [-0.25, -0.2) is 13.4 Å². The lowest BCUT2D eigenvalue weighted by Gasteiger charge is -2.03. The quantitative estimate of drug-likeness (QED) is 0.739. The Kier molecular flexibility index (Phi) is 2.91. The third kappa shape index (κ3) is 2.30. The number of nitrogens with zero attached hydrogens (tertiary/aromatic N) is 2. The molecular formula is C7H14N4O2S. The molecule has 6 nitrogen and oxygen atoms in total. The number of rotatable bonds is 3. The first kappa shape index (κ1) is 11.1. The lowest BCUT2D eigenvalue weighted by Crippen LogP contribution is -2.10. The molecule has 3 N–H and O–H groups in total. The molecule has 0 spiro atoms. The SMILES string of the molecule is CC(N)c1n[nH]c(C(C)S(C)(=O)=O)n1. The second kappa shape index (κ2) is 3.66. The molecule has 1 aromatic heterocycles. The van der Waals surface area contributed by atoms with Crippen LogP contribution in [-0.4, -0.2) is 29.9 Å². The van der Waals surface area contributed by atoms with Crippen molar-refractivity contribution >= 4 is 9.84 Å². The molecule has 0 aliphatic heterocycles. The van der Waals surface area contributed by atoms with Crippen LogP contribution in [0.1, 0.15) is 36.8 Å². The molecule has 2 atom stereocenters. The number of hydrogen-bond acceptors (Lipinski definition) is 5. The summed E-state index contributed by atoms with van der Waals surface area (Å²) in [5.74, 6) is 0.760. The van der Waals surface area contributed by atoms with E-state index in [2.05, 4.69) is 15.2 Å². The smallest absolute Gasteiger partial charge is 0.167 e. The van der Waals surface area contributed by atoms with Gasteiger partial charge in [-0.1, -0.05) is 0 Å². The van der Waals surface area contributed by atoms with Gasteiger partial charge in [0.15, 0.2) is 15.7 Å². The fourth-order valence-corrected chi connectivity index (χ4v) is 1.39. The van der Waals surface area contributed by atoms with E-state index in [1.165, 1.54) is 0 Å². The summed E-state index contributed by atoms with van der Waals surface area (Å²) >= 11 is 0. The number of hydrogen-bond donors (Lipinski definition) is 2. The minimum absolute atomic E-state index is 0.299. The van der Waals surface area contributed by atoms with Gasteiger partial charge < -0.3 is 5.73 Å². The van der Waals surface area contributed by atoms with Crippen molar-refractivity contribution in [2.45, 2.75) is 25.1 Å². The van der Waals surface area contributed by atoms with Crippen LogP contribution in [-0.2, 0) is 9.84 Å². The number of nitrogens with one attached hydrogen (secondary N) is 1. The Labute approximate surface area is 82.8 Å². The summed E-state index contributed by atoms with van der Waals surface area (Å²) in [5, 5.41) is 5.72. The fraction of sp³-hybridized carbons (Fsp3) is 0.714. The maximum atomic E-state index is 11.2. The van der Waals surface area contributed by atoms with Gasteiger partial charge in [-0.3, -0.25) is 5.10 Å². The van der Waals surface area contributed by atoms with Crippen molar-refractivity contribution in [2.24, 2.45) is 5.73 Å². The summed E-state index contributed by atoms with van der Waals surface area (Å²) in [6.07, 6.45) is 1.16. The molecule has 7 heteroatoms. The van der Waals surface area contributed by atoms with Crippen LogP contribution < -0.4 is 5.73 Å². The highest BCUT2D eigenvalue weighted by Gasteiger charge is 2.21. The Balaban J connectivity index is 2.98. The van der Waals surface area contributed by atoms with Gasteiger partial charge in [-0.2, -0.15) is 5.10 Å². The van der Waals surface area contributed by atoms with Crippen LogP contribution in [0, 0.1) is 0 Å². The van der Waals surface area contributed by atoms with Gasteiger partial charge in [0.05, 0.1) is 6.04 Å². The topological polar surface area (TPSA) is 102 Å². The molecule has 1 heterocycles. The number of aromatic nitrogens is 3. The van der Waals surface area contributed by atoms with E-state index in [9.17, 15) is 8.42 Å². The monoisotopic (exact) mass is 218 g/mol. The molecule has 0 bridgehead atoms. The molecule has 0 saturated carbocycles. The molecule has 0 aliphatic carbocycles. The highest BCUT2D eigenvalue weighted by atomic mass is 32.2. The van der Waals surface area contributed by atoms with Crippen molar-refractivity contribution < 1.29 is 8.42 Å². The maximum absolute atomic E-state index is 11.2. The van der Waals surface area contributed by atoms with Gasteiger partial charge in [-0.05, 0) is 13.8 Å². The molecule has 0 aromatic carbocycles. The molecular weight excluding hydrogens is 204 g/mol. The lowest BCUT2D eigenvalue weighted by atomic mass is 10.3. The molecule has 0 fully saturated rings. The van der Waals surface area contributed by atoms with E-state index in [4.69, 9.17) is 5.73 Å². The third-order valence-electron chi connectivity index (χ3n) is 1.95. The first-order valence-corrected chi connectivity index (χ1v) is 6.14. The van der Waals surface area contributed by atoms with Crippen LogP contribution in [0.2, 0.25) is 0 Å². The third-order valence-corrected chi connectivity index (χ3v) is 3.46. The van der Waals surface area contributed by atoms with Gasteiger partial charge in [0.1, 0.15) is 11.1 Å². The van der Waals surface area contributed by atoms with Crippen molar-refractivity contribution in [2.75, 3.05) is 6.26 Å². The fourth-order valence-electron chi connectivity index (χ4n) is 0.876. The average molecular weight is 218 g/mol. The molecule has 0 radical (unpaired) electrons. The summed E-state index contributed by atoms with van der Waals surface area (Å²) < 4.78 is 22.4. The van der Waals surface area contributed by atoms with Gasteiger partial charge in [0.25, 0.3) is 0 Å². The highest BCUT2D eigenvalue weighted by Crippen LogP contribution is 2.17. The Bertz CT molecular complexity index is 409. The number of nitrogens with two attached hydrogens (primary N) is 1. The van der Waals surface area contributed by atoms with E-state index >= 15 is 0 Å². The lowest BCUT2D eigenvalue weighted by molar-refractivity contribution is 0.589. The van der Waals surface area contributed by atoms with Crippen LogP contribution in [0.25, 0.3) is 0 Å². The summed E-state index contributed by atoms with van der Waals surface area (Å²) in [4.78, 5) is 4.01. The second-order valence-corrected chi connectivity index (χ2v) is 5.71. The highest BCUT2D eigenvalue weighted by molar-refractivity contribution is 7.90. The zero-order valence-corrected chi connectivity index (χ0v) is 9.17. The van der Waals surface area contributed by atoms with E-state index in [1.807, 2.05) is 0 Å². The summed E-state index contributed by atoms with van der Waals surface area (Å²) in [6.45, 7) is 3.29. The van der Waals surface area contributed by atoms with Crippen LogP contribution >= 0.6 is 0 Å². The first-order valence-electron chi connectivity index (χ1n) is 4.19. The zero-order valence-electron chi connectivity index (χ0n) is 8.35. The minimum atomic E-state index is -3.14. The molecule has 1 rings (SSSR count). The van der Waals surface area contributed by atoms with Crippen molar-refractivity contribution in [3.63, 3.8) is 0 Å². The Morgan fingerprint density at radius 3 is 2.36 bits per heavy atom. The van der Waals surface area contributed by atoms with E-state index in [-0.39, 0.29) is 6.04 Å². The normalized spacial score (nSPS) is 16.6. The van der Waals surface area contributed by atoms with Gasteiger partial charge in [0.2, 0.25) is 0 Å². The molecule has 0 saturated heterocycles. The molecule has 0 amide bonds. The van der Waals surface area contributed by atoms with Gasteiger partial charge >= 0.3 is 0 Å². The number of sulfone groups is 1. The van der Waals surface area contributed by atoms with Crippen molar-refractivity contribution in [3.8, 4) is 0 Å². The average Bonchev–Trinajstić information content (AvgIpc) is 2.48. The van der Waals surface area contributed by atoms with Gasteiger partial charge in [0, 0.05) is 6.26 Å². The predicted octanol–water partition coefficient (Wildman–Crippen LogP) is -0.0700. The van der Waals surface area contributed by atoms with E-state index in [0.29, 0.717) is 11.6 Å².